The average Bonchev–Trinajstić information content (AvgIpc) is 2.34. The lowest BCUT2D eigenvalue weighted by molar-refractivity contribution is -0.165. The SMILES string of the molecule is CCC(N)C(c1cccc(F)c1)N(CC)OC. The van der Waals surface area contributed by atoms with E-state index in [4.69, 9.17) is 10.6 Å². The lowest BCUT2D eigenvalue weighted by Gasteiger charge is -2.32. The summed E-state index contributed by atoms with van der Waals surface area (Å²) in [4.78, 5) is 5.31. The quantitative estimate of drug-likeness (QED) is 0.776. The zero-order chi connectivity index (χ0) is 12.8. The molecule has 17 heavy (non-hydrogen) atoms. The predicted molar refractivity (Wildman–Crippen MR) is 66.8 cm³/mol. The van der Waals surface area contributed by atoms with Gasteiger partial charge >= 0.3 is 0 Å². The molecule has 0 bridgehead atoms. The molecule has 0 heterocycles. The van der Waals surface area contributed by atoms with Crippen molar-refractivity contribution in [1.29, 1.82) is 0 Å². The molecule has 0 fully saturated rings. The Labute approximate surface area is 102 Å². The number of nitrogens with zero attached hydrogens (tertiary/aromatic N) is 1. The summed E-state index contributed by atoms with van der Waals surface area (Å²) in [5.74, 6) is -0.247. The summed E-state index contributed by atoms with van der Waals surface area (Å²) in [5.41, 5.74) is 6.96. The molecule has 1 aromatic rings. The summed E-state index contributed by atoms with van der Waals surface area (Å²) in [6, 6.07) is 6.32. The van der Waals surface area contributed by atoms with Gasteiger partial charge in [0.15, 0.2) is 0 Å². The van der Waals surface area contributed by atoms with Crippen LogP contribution in [-0.2, 0) is 4.84 Å². The van der Waals surface area contributed by atoms with E-state index >= 15 is 0 Å². The second-order valence-electron chi connectivity index (χ2n) is 3.99. The third-order valence-corrected chi connectivity index (χ3v) is 2.92. The van der Waals surface area contributed by atoms with Crippen molar-refractivity contribution in [2.24, 2.45) is 5.73 Å². The molecule has 1 rings (SSSR count). The number of hydroxylamine groups is 2. The molecule has 0 aromatic heterocycles. The van der Waals surface area contributed by atoms with Crippen molar-refractivity contribution < 1.29 is 9.23 Å². The number of hydrogen-bond donors (Lipinski definition) is 1. The molecule has 0 spiro atoms. The highest BCUT2D eigenvalue weighted by molar-refractivity contribution is 5.21. The van der Waals surface area contributed by atoms with Crippen LogP contribution in [0.4, 0.5) is 4.39 Å². The molecule has 2 atom stereocenters. The largest absolute Gasteiger partial charge is 0.326 e. The van der Waals surface area contributed by atoms with E-state index in [9.17, 15) is 4.39 Å². The normalized spacial score (nSPS) is 14.9. The Balaban J connectivity index is 3.05. The lowest BCUT2D eigenvalue weighted by Crippen LogP contribution is -2.40. The third kappa shape index (κ3) is 3.49. The molecule has 2 unspecified atom stereocenters. The molecule has 1 aromatic carbocycles. The molecule has 3 nitrogen and oxygen atoms in total. The van der Waals surface area contributed by atoms with Gasteiger partial charge in [-0.3, -0.25) is 0 Å². The van der Waals surface area contributed by atoms with Crippen molar-refractivity contribution in [3.05, 3.63) is 35.6 Å². The molecule has 2 N–H and O–H groups in total. The van der Waals surface area contributed by atoms with Gasteiger partial charge in [0.1, 0.15) is 5.82 Å². The van der Waals surface area contributed by atoms with Crippen molar-refractivity contribution in [3.63, 3.8) is 0 Å². The Kier molecular flexibility index (Phi) is 5.55. The van der Waals surface area contributed by atoms with Gasteiger partial charge in [-0.25, -0.2) is 4.39 Å². The maximum Gasteiger partial charge on any atom is 0.123 e. The maximum atomic E-state index is 13.3. The standard InChI is InChI=1S/C13H21FN2O/c1-4-12(15)13(16(5-2)17-3)10-7-6-8-11(14)9-10/h6-9,12-13H,4-5,15H2,1-3H3. The minimum absolute atomic E-state index is 0.0864. The molecule has 0 radical (unpaired) electrons. The fraction of sp³-hybridized carbons (Fsp3) is 0.538. The highest BCUT2D eigenvalue weighted by atomic mass is 19.1. The fourth-order valence-corrected chi connectivity index (χ4v) is 1.98. The van der Waals surface area contributed by atoms with Gasteiger partial charge in [-0.2, -0.15) is 5.06 Å². The van der Waals surface area contributed by atoms with E-state index in [0.29, 0.717) is 6.54 Å². The zero-order valence-corrected chi connectivity index (χ0v) is 10.7. The first-order chi connectivity index (χ1) is 8.13. The smallest absolute Gasteiger partial charge is 0.123 e. The number of nitrogens with two attached hydrogens (primary N) is 1. The van der Waals surface area contributed by atoms with Gasteiger partial charge < -0.3 is 10.6 Å². The van der Waals surface area contributed by atoms with E-state index in [1.807, 2.05) is 19.9 Å². The Morgan fingerprint density at radius 1 is 1.41 bits per heavy atom. The highest BCUT2D eigenvalue weighted by Gasteiger charge is 2.25. The van der Waals surface area contributed by atoms with E-state index in [1.165, 1.54) is 12.1 Å². The topological polar surface area (TPSA) is 38.5 Å². The van der Waals surface area contributed by atoms with Gasteiger partial charge in [-0.05, 0) is 24.1 Å². The van der Waals surface area contributed by atoms with Crippen LogP contribution in [0.1, 0.15) is 31.9 Å². The van der Waals surface area contributed by atoms with Gasteiger partial charge in [0.2, 0.25) is 0 Å². The van der Waals surface area contributed by atoms with Crippen LogP contribution in [0.3, 0.4) is 0 Å². The number of rotatable bonds is 6. The lowest BCUT2D eigenvalue weighted by atomic mass is 9.97. The first-order valence-electron chi connectivity index (χ1n) is 5.95. The van der Waals surface area contributed by atoms with Gasteiger partial charge in [-0.15, -0.1) is 0 Å². The number of likely N-dealkylation sites (N-methyl/N-ethyl adjacent to an activating group) is 1. The van der Waals surface area contributed by atoms with Crippen LogP contribution < -0.4 is 5.73 Å². The predicted octanol–water partition coefficient (Wildman–Crippen LogP) is 2.49. The van der Waals surface area contributed by atoms with E-state index in [0.717, 1.165) is 12.0 Å². The van der Waals surface area contributed by atoms with E-state index in [1.54, 1.807) is 18.2 Å². The maximum absolute atomic E-state index is 13.3. The van der Waals surface area contributed by atoms with Crippen LogP contribution in [0.5, 0.6) is 0 Å². The molecular weight excluding hydrogens is 219 g/mol. The van der Waals surface area contributed by atoms with Crippen molar-refractivity contribution in [3.8, 4) is 0 Å². The summed E-state index contributed by atoms with van der Waals surface area (Å²) < 4.78 is 13.3. The zero-order valence-electron chi connectivity index (χ0n) is 10.7. The first-order valence-corrected chi connectivity index (χ1v) is 5.95. The third-order valence-electron chi connectivity index (χ3n) is 2.92. The van der Waals surface area contributed by atoms with Crippen molar-refractivity contribution in [1.82, 2.24) is 5.06 Å². The molecule has 0 amide bonds. The number of halogens is 1. The molecule has 0 saturated heterocycles. The Hall–Kier alpha value is -0.970. The molecule has 0 saturated carbocycles. The Morgan fingerprint density at radius 3 is 2.59 bits per heavy atom. The monoisotopic (exact) mass is 240 g/mol. The molecule has 0 aliphatic heterocycles. The van der Waals surface area contributed by atoms with Gasteiger partial charge in [0.05, 0.1) is 13.2 Å². The van der Waals surface area contributed by atoms with E-state index in [-0.39, 0.29) is 17.9 Å². The molecule has 96 valence electrons. The van der Waals surface area contributed by atoms with Gasteiger partial charge in [-0.1, -0.05) is 26.0 Å². The van der Waals surface area contributed by atoms with E-state index in [2.05, 4.69) is 0 Å². The van der Waals surface area contributed by atoms with Crippen LogP contribution >= 0.6 is 0 Å². The van der Waals surface area contributed by atoms with E-state index < -0.39 is 0 Å². The van der Waals surface area contributed by atoms with Crippen LogP contribution in [0.25, 0.3) is 0 Å². The highest BCUT2D eigenvalue weighted by Crippen LogP contribution is 2.25. The average molecular weight is 240 g/mol. The molecule has 4 heteroatoms. The Bertz CT molecular complexity index is 342. The fourth-order valence-electron chi connectivity index (χ4n) is 1.98. The summed E-state index contributed by atoms with van der Waals surface area (Å²) in [5, 5.41) is 1.78. The second-order valence-corrected chi connectivity index (χ2v) is 3.99. The minimum atomic E-state index is -0.247. The van der Waals surface area contributed by atoms with Crippen molar-refractivity contribution in [2.45, 2.75) is 32.4 Å². The minimum Gasteiger partial charge on any atom is -0.326 e. The summed E-state index contributed by atoms with van der Waals surface area (Å²) >= 11 is 0. The van der Waals surface area contributed by atoms with Gasteiger partial charge in [0.25, 0.3) is 0 Å². The number of hydrogen-bond acceptors (Lipinski definition) is 3. The summed E-state index contributed by atoms with van der Waals surface area (Å²) in [6.07, 6.45) is 0.807. The summed E-state index contributed by atoms with van der Waals surface area (Å²) in [7, 11) is 1.61. The molecule has 0 aliphatic rings. The van der Waals surface area contributed by atoms with Crippen LogP contribution in [0.15, 0.2) is 24.3 Å². The molecular formula is C13H21FN2O. The molecule has 0 aliphatic carbocycles. The van der Waals surface area contributed by atoms with Crippen LogP contribution in [0, 0.1) is 5.82 Å². The number of benzene rings is 1. The Morgan fingerprint density at radius 2 is 2.12 bits per heavy atom. The van der Waals surface area contributed by atoms with Crippen molar-refractivity contribution >= 4 is 0 Å². The van der Waals surface area contributed by atoms with Gasteiger partial charge in [0, 0.05) is 12.6 Å². The second kappa shape index (κ2) is 6.69. The van der Waals surface area contributed by atoms with Crippen LogP contribution in [0.2, 0.25) is 0 Å². The van der Waals surface area contributed by atoms with Crippen LogP contribution in [-0.4, -0.2) is 24.8 Å². The van der Waals surface area contributed by atoms with Crippen molar-refractivity contribution in [2.75, 3.05) is 13.7 Å². The summed E-state index contributed by atoms with van der Waals surface area (Å²) in [6.45, 7) is 4.70. The first kappa shape index (κ1) is 14.1.